The van der Waals surface area contributed by atoms with Crippen LogP contribution < -0.4 is 5.73 Å². The standard InChI is InChI=1S/C15H26IN5/c1-10(2)7-12-14(16)15(17)19-13(18-12)8-11-9-20(3)5-6-21(11)4/h10-11H,5-9H2,1-4H3,(H2,17,18,19). The summed E-state index contributed by atoms with van der Waals surface area (Å²) in [6, 6.07) is 0.468. The van der Waals surface area contributed by atoms with E-state index in [-0.39, 0.29) is 0 Å². The maximum absolute atomic E-state index is 6.08. The molecule has 6 heteroatoms. The molecule has 1 unspecified atom stereocenters. The summed E-state index contributed by atoms with van der Waals surface area (Å²) >= 11 is 2.26. The lowest BCUT2D eigenvalue weighted by atomic mass is 10.1. The molecule has 5 nitrogen and oxygen atoms in total. The molecule has 2 N–H and O–H groups in total. The molecule has 1 saturated heterocycles. The Bertz CT molecular complexity index is 491. The largest absolute Gasteiger partial charge is 0.383 e. The van der Waals surface area contributed by atoms with Gasteiger partial charge < -0.3 is 15.5 Å². The van der Waals surface area contributed by atoms with Crippen molar-refractivity contribution in [1.82, 2.24) is 19.8 Å². The molecule has 2 rings (SSSR count). The van der Waals surface area contributed by atoms with Gasteiger partial charge in [-0.25, -0.2) is 9.97 Å². The average molecular weight is 403 g/mol. The van der Waals surface area contributed by atoms with E-state index >= 15 is 0 Å². The second kappa shape index (κ2) is 7.19. The Balaban J connectivity index is 2.17. The Morgan fingerprint density at radius 3 is 2.67 bits per heavy atom. The van der Waals surface area contributed by atoms with E-state index in [9.17, 15) is 0 Å². The van der Waals surface area contributed by atoms with Crippen molar-refractivity contribution in [2.75, 3.05) is 39.5 Å². The summed E-state index contributed by atoms with van der Waals surface area (Å²) in [7, 11) is 4.36. The van der Waals surface area contributed by atoms with Gasteiger partial charge in [0, 0.05) is 32.1 Å². The van der Waals surface area contributed by atoms with E-state index in [4.69, 9.17) is 10.7 Å². The monoisotopic (exact) mass is 403 g/mol. The summed E-state index contributed by atoms with van der Waals surface area (Å²) in [6.45, 7) is 7.70. The minimum absolute atomic E-state index is 0.468. The first kappa shape index (κ1) is 16.9. The number of rotatable bonds is 4. The number of nitrogens with zero attached hydrogens (tertiary/aromatic N) is 4. The SMILES string of the molecule is CC(C)Cc1nc(CC2CN(C)CCN2C)nc(N)c1I. The van der Waals surface area contributed by atoms with Crippen LogP contribution in [0.4, 0.5) is 5.82 Å². The van der Waals surface area contributed by atoms with Crippen LogP contribution in [0.1, 0.15) is 25.4 Å². The lowest BCUT2D eigenvalue weighted by Gasteiger charge is -2.37. The fourth-order valence-corrected chi connectivity index (χ4v) is 3.17. The maximum atomic E-state index is 6.08. The summed E-state index contributed by atoms with van der Waals surface area (Å²) in [5, 5.41) is 0. The van der Waals surface area contributed by atoms with Crippen molar-refractivity contribution in [3.8, 4) is 0 Å². The molecule has 2 heterocycles. The highest BCUT2D eigenvalue weighted by atomic mass is 127. The molecule has 1 aromatic heterocycles. The molecule has 0 aromatic carbocycles. The van der Waals surface area contributed by atoms with Gasteiger partial charge in [-0.3, -0.25) is 0 Å². The van der Waals surface area contributed by atoms with E-state index in [1.165, 1.54) is 0 Å². The van der Waals surface area contributed by atoms with E-state index < -0.39 is 0 Å². The average Bonchev–Trinajstić information content (AvgIpc) is 2.39. The predicted molar refractivity (Wildman–Crippen MR) is 95.3 cm³/mol. The van der Waals surface area contributed by atoms with Crippen molar-refractivity contribution >= 4 is 28.4 Å². The van der Waals surface area contributed by atoms with Crippen molar-refractivity contribution < 1.29 is 0 Å². The number of hydrogen-bond acceptors (Lipinski definition) is 5. The van der Waals surface area contributed by atoms with Gasteiger partial charge in [0.1, 0.15) is 11.6 Å². The molecule has 0 saturated carbocycles. The van der Waals surface area contributed by atoms with Gasteiger partial charge in [0.2, 0.25) is 0 Å². The smallest absolute Gasteiger partial charge is 0.140 e. The van der Waals surface area contributed by atoms with Gasteiger partial charge in [-0.2, -0.15) is 0 Å². The molecular weight excluding hydrogens is 377 g/mol. The maximum Gasteiger partial charge on any atom is 0.140 e. The third-order valence-electron chi connectivity index (χ3n) is 3.99. The number of anilines is 1. The molecule has 1 aliphatic heterocycles. The summed E-state index contributed by atoms with van der Waals surface area (Å²) in [4.78, 5) is 14.1. The Kier molecular flexibility index (Phi) is 5.79. The van der Waals surface area contributed by atoms with Crippen molar-refractivity contribution in [3.63, 3.8) is 0 Å². The predicted octanol–water partition coefficient (Wildman–Crippen LogP) is 1.65. The molecule has 1 fully saturated rings. The van der Waals surface area contributed by atoms with Gasteiger partial charge >= 0.3 is 0 Å². The first-order chi connectivity index (χ1) is 9.86. The summed E-state index contributed by atoms with van der Waals surface area (Å²) in [6.07, 6.45) is 1.82. The lowest BCUT2D eigenvalue weighted by Crippen LogP contribution is -2.51. The highest BCUT2D eigenvalue weighted by Crippen LogP contribution is 2.20. The zero-order valence-corrected chi connectivity index (χ0v) is 15.6. The van der Waals surface area contributed by atoms with Gasteiger partial charge in [-0.15, -0.1) is 0 Å². The topological polar surface area (TPSA) is 58.3 Å². The van der Waals surface area contributed by atoms with Gasteiger partial charge in [0.05, 0.1) is 9.26 Å². The van der Waals surface area contributed by atoms with Crippen molar-refractivity contribution in [1.29, 1.82) is 0 Å². The third kappa shape index (κ3) is 4.50. The van der Waals surface area contributed by atoms with Gasteiger partial charge in [-0.1, -0.05) is 13.8 Å². The summed E-state index contributed by atoms with van der Waals surface area (Å²) < 4.78 is 1.01. The normalized spacial score (nSPS) is 21.1. The number of hydrogen-bond donors (Lipinski definition) is 1. The second-order valence-electron chi connectivity index (χ2n) is 6.48. The van der Waals surface area contributed by atoms with Crippen molar-refractivity contribution in [2.45, 2.75) is 32.7 Å². The third-order valence-corrected chi connectivity index (χ3v) is 5.17. The summed E-state index contributed by atoms with van der Waals surface area (Å²) in [5.41, 5.74) is 7.18. The minimum Gasteiger partial charge on any atom is -0.383 e. The Hall–Kier alpha value is -0.470. The molecule has 1 aliphatic rings. The zero-order chi connectivity index (χ0) is 15.6. The molecule has 0 spiro atoms. The second-order valence-corrected chi connectivity index (χ2v) is 7.56. The Morgan fingerprint density at radius 2 is 2.00 bits per heavy atom. The van der Waals surface area contributed by atoms with Crippen LogP contribution in [0.25, 0.3) is 0 Å². The molecule has 0 aliphatic carbocycles. The van der Waals surface area contributed by atoms with Crippen molar-refractivity contribution in [3.05, 3.63) is 15.1 Å². The highest BCUT2D eigenvalue weighted by Gasteiger charge is 2.24. The van der Waals surface area contributed by atoms with Crippen LogP contribution in [-0.4, -0.2) is 59.5 Å². The number of aromatic nitrogens is 2. The molecule has 1 atom stereocenters. The lowest BCUT2D eigenvalue weighted by molar-refractivity contribution is 0.113. The van der Waals surface area contributed by atoms with E-state index in [0.717, 1.165) is 47.6 Å². The first-order valence-corrected chi connectivity index (χ1v) is 8.64. The fourth-order valence-electron chi connectivity index (χ4n) is 2.71. The van der Waals surface area contributed by atoms with Gasteiger partial charge in [0.25, 0.3) is 0 Å². The van der Waals surface area contributed by atoms with Crippen molar-refractivity contribution in [2.24, 2.45) is 5.92 Å². The number of nitrogen functional groups attached to an aromatic ring is 1. The van der Waals surface area contributed by atoms with E-state index in [0.29, 0.717) is 17.8 Å². The van der Waals surface area contributed by atoms with Crippen LogP contribution in [0.5, 0.6) is 0 Å². The first-order valence-electron chi connectivity index (χ1n) is 7.56. The zero-order valence-electron chi connectivity index (χ0n) is 13.4. The van der Waals surface area contributed by atoms with Crippen LogP contribution in [0.2, 0.25) is 0 Å². The van der Waals surface area contributed by atoms with Crippen LogP contribution >= 0.6 is 22.6 Å². The van der Waals surface area contributed by atoms with Crippen LogP contribution in [0.3, 0.4) is 0 Å². The summed E-state index contributed by atoms with van der Waals surface area (Å²) in [5.74, 6) is 2.09. The quantitative estimate of drug-likeness (QED) is 0.775. The minimum atomic E-state index is 0.468. The molecule has 0 amide bonds. The van der Waals surface area contributed by atoms with Crippen LogP contribution in [-0.2, 0) is 12.8 Å². The van der Waals surface area contributed by atoms with Crippen LogP contribution in [0, 0.1) is 9.49 Å². The number of nitrogens with two attached hydrogens (primary N) is 1. The molecule has 1 aromatic rings. The Morgan fingerprint density at radius 1 is 1.29 bits per heavy atom. The number of halogens is 1. The molecule has 118 valence electrons. The van der Waals surface area contributed by atoms with E-state index in [2.05, 4.69) is 65.3 Å². The molecule has 0 radical (unpaired) electrons. The number of piperazine rings is 1. The van der Waals surface area contributed by atoms with Gasteiger partial charge in [0.15, 0.2) is 0 Å². The highest BCUT2D eigenvalue weighted by molar-refractivity contribution is 14.1. The van der Waals surface area contributed by atoms with E-state index in [1.54, 1.807) is 0 Å². The fraction of sp³-hybridized carbons (Fsp3) is 0.733. The van der Waals surface area contributed by atoms with E-state index in [1.807, 2.05) is 0 Å². The molecule has 21 heavy (non-hydrogen) atoms. The Labute approximate surface area is 141 Å². The molecule has 0 bridgehead atoms. The molecular formula is C15H26IN5. The number of likely N-dealkylation sites (N-methyl/N-ethyl adjacent to an activating group) is 2. The van der Waals surface area contributed by atoms with Gasteiger partial charge in [-0.05, 0) is 49.0 Å². The van der Waals surface area contributed by atoms with Crippen LogP contribution in [0.15, 0.2) is 0 Å².